The topological polar surface area (TPSA) is 87.5 Å². The summed E-state index contributed by atoms with van der Waals surface area (Å²) in [6.07, 6.45) is 4.24. The van der Waals surface area contributed by atoms with E-state index in [1.54, 1.807) is 21.7 Å². The van der Waals surface area contributed by atoms with Gasteiger partial charge in [0.15, 0.2) is 5.82 Å². The molecule has 1 aromatic carbocycles. The van der Waals surface area contributed by atoms with Gasteiger partial charge in [0.1, 0.15) is 0 Å². The number of amides is 2. The number of nitrogens with one attached hydrogen (secondary N) is 1. The SMILES string of the molecule is Cc1cn(-c2ccc(Cl)cc2)nc1NC(=O)N1C[C@@H]2CCC[C@@]2(C(=O)O)C1. The maximum atomic E-state index is 12.7. The quantitative estimate of drug-likeness (QED) is 0.841. The van der Waals surface area contributed by atoms with Gasteiger partial charge in [-0.2, -0.15) is 0 Å². The highest BCUT2D eigenvalue weighted by molar-refractivity contribution is 6.30. The van der Waals surface area contributed by atoms with Crippen LogP contribution in [0.5, 0.6) is 0 Å². The molecule has 0 bridgehead atoms. The highest BCUT2D eigenvalue weighted by Gasteiger charge is 2.55. The maximum Gasteiger partial charge on any atom is 0.323 e. The minimum atomic E-state index is -0.788. The first-order chi connectivity index (χ1) is 12.9. The van der Waals surface area contributed by atoms with E-state index in [9.17, 15) is 14.7 Å². The number of urea groups is 1. The van der Waals surface area contributed by atoms with E-state index < -0.39 is 11.4 Å². The van der Waals surface area contributed by atoms with Crippen molar-refractivity contribution in [2.24, 2.45) is 11.3 Å². The molecule has 1 saturated carbocycles. The Labute approximate surface area is 161 Å². The van der Waals surface area contributed by atoms with E-state index in [4.69, 9.17) is 11.6 Å². The summed E-state index contributed by atoms with van der Waals surface area (Å²) >= 11 is 5.92. The van der Waals surface area contributed by atoms with Crippen molar-refractivity contribution in [1.29, 1.82) is 0 Å². The number of rotatable bonds is 3. The first kappa shape index (κ1) is 17.9. The molecule has 2 fully saturated rings. The van der Waals surface area contributed by atoms with Crippen molar-refractivity contribution in [3.63, 3.8) is 0 Å². The third kappa shape index (κ3) is 3.06. The van der Waals surface area contributed by atoms with Crippen LogP contribution in [0.4, 0.5) is 10.6 Å². The first-order valence-corrected chi connectivity index (χ1v) is 9.38. The van der Waals surface area contributed by atoms with E-state index in [2.05, 4.69) is 10.4 Å². The van der Waals surface area contributed by atoms with Crippen molar-refractivity contribution in [2.45, 2.75) is 26.2 Å². The molecule has 2 aliphatic rings. The predicted molar refractivity (Wildman–Crippen MR) is 101 cm³/mol. The third-order valence-electron chi connectivity index (χ3n) is 5.80. The minimum Gasteiger partial charge on any atom is -0.481 e. The average molecular weight is 389 g/mol. The lowest BCUT2D eigenvalue weighted by molar-refractivity contribution is -0.149. The van der Waals surface area contributed by atoms with Gasteiger partial charge in [-0.25, -0.2) is 9.48 Å². The third-order valence-corrected chi connectivity index (χ3v) is 6.05. The van der Waals surface area contributed by atoms with Crippen molar-refractivity contribution < 1.29 is 14.7 Å². The Balaban J connectivity index is 1.49. The van der Waals surface area contributed by atoms with Crippen LogP contribution in [-0.4, -0.2) is 44.9 Å². The number of benzene rings is 1. The summed E-state index contributed by atoms with van der Waals surface area (Å²) in [6.45, 7) is 2.61. The number of carboxylic acids is 1. The van der Waals surface area contributed by atoms with E-state index in [1.165, 1.54) is 0 Å². The molecule has 2 amide bonds. The number of hydrogen-bond acceptors (Lipinski definition) is 3. The van der Waals surface area contributed by atoms with Gasteiger partial charge >= 0.3 is 12.0 Å². The summed E-state index contributed by atoms with van der Waals surface area (Å²) in [4.78, 5) is 26.1. The number of aliphatic carboxylic acids is 1. The molecular formula is C19H21ClN4O3. The van der Waals surface area contributed by atoms with Crippen molar-refractivity contribution in [2.75, 3.05) is 18.4 Å². The number of carbonyl (C=O) groups excluding carboxylic acids is 1. The van der Waals surface area contributed by atoms with Crippen LogP contribution >= 0.6 is 11.6 Å². The van der Waals surface area contributed by atoms with Crippen LogP contribution in [0.3, 0.4) is 0 Å². The zero-order chi connectivity index (χ0) is 19.2. The minimum absolute atomic E-state index is 0.0356. The number of likely N-dealkylation sites (tertiary alicyclic amines) is 1. The predicted octanol–water partition coefficient (Wildman–Crippen LogP) is 3.55. The Morgan fingerprint density at radius 2 is 2.07 bits per heavy atom. The van der Waals surface area contributed by atoms with Crippen molar-refractivity contribution in [1.82, 2.24) is 14.7 Å². The summed E-state index contributed by atoms with van der Waals surface area (Å²) in [6, 6.07) is 6.95. The highest BCUT2D eigenvalue weighted by Crippen LogP contribution is 2.48. The lowest BCUT2D eigenvalue weighted by Gasteiger charge is -2.23. The Morgan fingerprint density at radius 3 is 2.74 bits per heavy atom. The normalized spacial score (nSPS) is 24.1. The summed E-state index contributed by atoms with van der Waals surface area (Å²) in [7, 11) is 0. The fraction of sp³-hybridized carbons (Fsp3) is 0.421. The van der Waals surface area contributed by atoms with Gasteiger partial charge in [0.25, 0.3) is 0 Å². The molecule has 142 valence electrons. The fourth-order valence-corrected chi connectivity index (χ4v) is 4.41. The van der Waals surface area contributed by atoms with E-state index >= 15 is 0 Å². The van der Waals surface area contributed by atoms with E-state index in [1.807, 2.05) is 25.3 Å². The molecule has 2 aromatic rings. The van der Waals surface area contributed by atoms with Gasteiger partial charge in [-0.05, 0) is 49.9 Å². The Morgan fingerprint density at radius 1 is 1.33 bits per heavy atom. The number of hydrogen-bond donors (Lipinski definition) is 2. The molecule has 27 heavy (non-hydrogen) atoms. The number of carboxylic acid groups (broad SMARTS) is 1. The molecule has 0 unspecified atom stereocenters. The van der Waals surface area contributed by atoms with Crippen molar-refractivity contribution in [3.05, 3.63) is 41.0 Å². The largest absolute Gasteiger partial charge is 0.481 e. The molecule has 2 atom stereocenters. The lowest BCUT2D eigenvalue weighted by Crippen LogP contribution is -2.38. The number of nitrogens with zero attached hydrogens (tertiary/aromatic N) is 3. The van der Waals surface area contributed by atoms with E-state index in [0.717, 1.165) is 24.1 Å². The van der Waals surface area contributed by atoms with Crippen molar-refractivity contribution >= 4 is 29.4 Å². The second-order valence-corrected chi connectivity index (χ2v) is 7.88. The Hall–Kier alpha value is -2.54. The van der Waals surface area contributed by atoms with Crippen LogP contribution in [0, 0.1) is 18.3 Å². The first-order valence-electron chi connectivity index (χ1n) is 9.00. The molecule has 8 heteroatoms. The molecule has 1 aromatic heterocycles. The van der Waals surface area contributed by atoms with Gasteiger partial charge in [-0.3, -0.25) is 10.1 Å². The van der Waals surface area contributed by atoms with Gasteiger partial charge in [0.05, 0.1) is 11.1 Å². The van der Waals surface area contributed by atoms with E-state index in [-0.39, 0.29) is 18.5 Å². The Bertz CT molecular complexity index is 895. The second kappa shape index (κ2) is 6.56. The monoisotopic (exact) mass is 388 g/mol. The molecule has 0 radical (unpaired) electrons. The van der Waals surface area contributed by atoms with Crippen LogP contribution < -0.4 is 5.32 Å². The standard InChI is InChI=1S/C19H21ClN4O3/c1-12-9-24(15-6-4-14(20)5-7-15)22-16(12)21-18(27)23-10-13-3-2-8-19(13,11-23)17(25)26/h4-7,9,13H,2-3,8,10-11H2,1H3,(H,25,26)(H,21,22,27)/t13-,19+/m0/s1. The molecule has 1 saturated heterocycles. The van der Waals surface area contributed by atoms with Gasteiger partial charge < -0.3 is 10.0 Å². The van der Waals surface area contributed by atoms with Crippen molar-refractivity contribution in [3.8, 4) is 5.69 Å². The number of fused-ring (bicyclic) bond motifs is 1. The zero-order valence-electron chi connectivity index (χ0n) is 15.0. The number of halogens is 1. The molecule has 4 rings (SSSR count). The van der Waals surface area contributed by atoms with Crippen LogP contribution in [0.2, 0.25) is 5.02 Å². The van der Waals surface area contributed by atoms with Gasteiger partial charge in [-0.1, -0.05) is 18.0 Å². The zero-order valence-corrected chi connectivity index (χ0v) is 15.7. The maximum absolute atomic E-state index is 12.7. The molecule has 2 N–H and O–H groups in total. The van der Waals surface area contributed by atoms with Crippen LogP contribution in [0.15, 0.2) is 30.5 Å². The summed E-state index contributed by atoms with van der Waals surface area (Å²) in [5.41, 5.74) is 0.879. The molecular weight excluding hydrogens is 368 g/mol. The highest BCUT2D eigenvalue weighted by atomic mass is 35.5. The van der Waals surface area contributed by atoms with Gasteiger partial charge in [0, 0.05) is 29.9 Å². The van der Waals surface area contributed by atoms with Crippen LogP contribution in [-0.2, 0) is 4.79 Å². The molecule has 1 aliphatic heterocycles. The lowest BCUT2D eigenvalue weighted by atomic mass is 9.81. The molecule has 0 spiro atoms. The average Bonchev–Trinajstić information content (AvgIpc) is 3.28. The fourth-order valence-electron chi connectivity index (χ4n) is 4.28. The van der Waals surface area contributed by atoms with Crippen LogP contribution in [0.25, 0.3) is 5.69 Å². The molecule has 1 aliphatic carbocycles. The summed E-state index contributed by atoms with van der Waals surface area (Å²) in [5, 5.41) is 17.6. The number of aryl methyl sites for hydroxylation is 1. The van der Waals surface area contributed by atoms with Gasteiger partial charge in [-0.15, -0.1) is 5.10 Å². The number of anilines is 1. The molecule has 2 heterocycles. The number of carbonyl (C=O) groups is 2. The Kier molecular flexibility index (Phi) is 4.34. The van der Waals surface area contributed by atoms with E-state index in [0.29, 0.717) is 23.8 Å². The number of aromatic nitrogens is 2. The summed E-state index contributed by atoms with van der Waals surface area (Å²) < 4.78 is 1.68. The van der Waals surface area contributed by atoms with Crippen LogP contribution in [0.1, 0.15) is 24.8 Å². The smallest absolute Gasteiger partial charge is 0.323 e. The molecule has 7 nitrogen and oxygen atoms in total. The summed E-state index contributed by atoms with van der Waals surface area (Å²) in [5.74, 6) is -0.284. The van der Waals surface area contributed by atoms with Gasteiger partial charge in [0.2, 0.25) is 0 Å². The second-order valence-electron chi connectivity index (χ2n) is 7.44.